The van der Waals surface area contributed by atoms with Crippen molar-refractivity contribution in [3.05, 3.63) is 52.1 Å². The van der Waals surface area contributed by atoms with Crippen LogP contribution in [-0.2, 0) is 12.7 Å². The molecule has 3 aromatic rings. The van der Waals surface area contributed by atoms with Crippen molar-refractivity contribution < 1.29 is 13.2 Å². The normalized spacial score (nSPS) is 15.7. The number of nitrogens with one attached hydrogen (secondary N) is 3. The van der Waals surface area contributed by atoms with E-state index < -0.39 is 17.4 Å². The Hall–Kier alpha value is -2.88. The first-order valence-electron chi connectivity index (χ1n) is 9.47. The van der Waals surface area contributed by atoms with Gasteiger partial charge in [0, 0.05) is 6.54 Å². The minimum Gasteiger partial charge on any atom is -0.354 e. The second-order valence-electron chi connectivity index (χ2n) is 7.18. The molecule has 0 unspecified atom stereocenters. The zero-order valence-electron chi connectivity index (χ0n) is 15.6. The second-order valence-corrected chi connectivity index (χ2v) is 7.18. The number of alkyl halides is 3. The van der Waals surface area contributed by atoms with Gasteiger partial charge in [-0.2, -0.15) is 18.2 Å². The number of benzene rings is 1. The topological polar surface area (TPSA) is 87.6 Å². The first-order valence-corrected chi connectivity index (χ1v) is 9.47. The number of hydrogen-bond acceptors (Lipinski definition) is 5. The maximum Gasteiger partial charge on any atom is 0.416 e. The molecule has 0 radical (unpaired) electrons. The predicted octanol–water partition coefficient (Wildman–Crippen LogP) is 2.60. The molecule has 3 heterocycles. The van der Waals surface area contributed by atoms with Crippen LogP contribution in [0.15, 0.2) is 35.3 Å². The van der Waals surface area contributed by atoms with Gasteiger partial charge in [-0.1, -0.05) is 18.2 Å². The number of fused-ring (bicyclic) bond motifs is 1. The van der Waals surface area contributed by atoms with Crippen molar-refractivity contribution in [1.29, 1.82) is 0 Å². The number of hydrogen-bond donors (Lipinski definition) is 3. The Balaban J connectivity index is 1.61. The molecule has 1 saturated heterocycles. The van der Waals surface area contributed by atoms with Gasteiger partial charge in [0.1, 0.15) is 5.52 Å². The predicted molar refractivity (Wildman–Crippen MR) is 103 cm³/mol. The number of imidazole rings is 1. The van der Waals surface area contributed by atoms with Crippen LogP contribution in [-0.4, -0.2) is 39.2 Å². The molecule has 1 fully saturated rings. The van der Waals surface area contributed by atoms with Crippen molar-refractivity contribution in [2.24, 2.45) is 5.92 Å². The largest absolute Gasteiger partial charge is 0.416 e. The van der Waals surface area contributed by atoms with E-state index >= 15 is 0 Å². The van der Waals surface area contributed by atoms with Crippen LogP contribution in [0.4, 0.5) is 19.1 Å². The van der Waals surface area contributed by atoms with Gasteiger partial charge in [0.15, 0.2) is 5.65 Å². The van der Waals surface area contributed by atoms with Gasteiger partial charge in [0.2, 0.25) is 5.95 Å². The van der Waals surface area contributed by atoms with Gasteiger partial charge in [-0.3, -0.25) is 4.57 Å². The maximum absolute atomic E-state index is 13.3. The highest BCUT2D eigenvalue weighted by Crippen LogP contribution is 2.32. The number of aromatic nitrogens is 4. The SMILES string of the molecule is O=c1[nH]c2cnc(NCC3CCNCC3)nc2n1Cc1ccccc1C(F)(F)F. The van der Waals surface area contributed by atoms with E-state index in [1.807, 2.05) is 0 Å². The molecule has 7 nitrogen and oxygen atoms in total. The first kappa shape index (κ1) is 19.4. The Morgan fingerprint density at radius 2 is 1.97 bits per heavy atom. The highest BCUT2D eigenvalue weighted by atomic mass is 19.4. The van der Waals surface area contributed by atoms with E-state index in [4.69, 9.17) is 0 Å². The van der Waals surface area contributed by atoms with E-state index in [0.29, 0.717) is 23.9 Å². The lowest BCUT2D eigenvalue weighted by Crippen LogP contribution is -2.31. The zero-order chi connectivity index (χ0) is 20.4. The second kappa shape index (κ2) is 7.86. The van der Waals surface area contributed by atoms with E-state index in [1.165, 1.54) is 29.0 Å². The third kappa shape index (κ3) is 4.26. The molecule has 0 atom stereocenters. The summed E-state index contributed by atoms with van der Waals surface area (Å²) in [6, 6.07) is 5.22. The molecule has 1 aliphatic heterocycles. The van der Waals surface area contributed by atoms with E-state index in [1.54, 1.807) is 0 Å². The summed E-state index contributed by atoms with van der Waals surface area (Å²) in [5, 5.41) is 6.49. The van der Waals surface area contributed by atoms with Gasteiger partial charge in [-0.05, 0) is 43.5 Å². The Morgan fingerprint density at radius 3 is 2.72 bits per heavy atom. The average Bonchev–Trinajstić information content (AvgIpc) is 3.01. The third-order valence-corrected chi connectivity index (χ3v) is 5.17. The highest BCUT2D eigenvalue weighted by molar-refractivity contribution is 5.71. The Bertz CT molecular complexity index is 1050. The molecule has 0 aliphatic carbocycles. The fourth-order valence-corrected chi connectivity index (χ4v) is 3.60. The highest BCUT2D eigenvalue weighted by Gasteiger charge is 2.33. The van der Waals surface area contributed by atoms with Gasteiger partial charge in [0.25, 0.3) is 0 Å². The van der Waals surface area contributed by atoms with Crippen molar-refractivity contribution in [2.45, 2.75) is 25.6 Å². The van der Waals surface area contributed by atoms with Gasteiger partial charge in [-0.15, -0.1) is 0 Å². The van der Waals surface area contributed by atoms with Crippen LogP contribution >= 0.6 is 0 Å². The van der Waals surface area contributed by atoms with E-state index in [2.05, 4.69) is 25.6 Å². The van der Waals surface area contributed by atoms with E-state index in [0.717, 1.165) is 32.0 Å². The molecule has 29 heavy (non-hydrogen) atoms. The molecule has 1 aliphatic rings. The summed E-state index contributed by atoms with van der Waals surface area (Å²) in [6.45, 7) is 2.42. The fourth-order valence-electron chi connectivity index (χ4n) is 3.60. The quantitative estimate of drug-likeness (QED) is 0.606. The number of anilines is 1. The smallest absolute Gasteiger partial charge is 0.354 e. The minimum absolute atomic E-state index is 0.00540. The Labute approximate surface area is 164 Å². The Kier molecular flexibility index (Phi) is 5.27. The van der Waals surface area contributed by atoms with Crippen molar-refractivity contribution in [3.8, 4) is 0 Å². The summed E-state index contributed by atoms with van der Waals surface area (Å²) in [5.41, 5.74) is -0.631. The first-order chi connectivity index (χ1) is 13.9. The van der Waals surface area contributed by atoms with Crippen molar-refractivity contribution in [3.63, 3.8) is 0 Å². The molecular weight excluding hydrogens is 385 g/mol. The van der Waals surface area contributed by atoms with Crippen LogP contribution in [0.2, 0.25) is 0 Å². The molecule has 10 heteroatoms. The van der Waals surface area contributed by atoms with Crippen LogP contribution < -0.4 is 16.3 Å². The molecule has 0 amide bonds. The van der Waals surface area contributed by atoms with Crippen LogP contribution in [0.3, 0.4) is 0 Å². The number of piperidine rings is 1. The van der Waals surface area contributed by atoms with E-state index in [-0.39, 0.29) is 17.8 Å². The number of halogens is 3. The van der Waals surface area contributed by atoms with Crippen LogP contribution in [0.25, 0.3) is 11.2 Å². The average molecular weight is 406 g/mol. The lowest BCUT2D eigenvalue weighted by Gasteiger charge is -2.22. The Morgan fingerprint density at radius 1 is 1.21 bits per heavy atom. The third-order valence-electron chi connectivity index (χ3n) is 5.17. The summed E-state index contributed by atoms with van der Waals surface area (Å²) in [6.07, 6.45) is -0.916. The summed E-state index contributed by atoms with van der Waals surface area (Å²) in [7, 11) is 0. The lowest BCUT2D eigenvalue weighted by molar-refractivity contribution is -0.138. The number of rotatable bonds is 5. The maximum atomic E-state index is 13.3. The zero-order valence-corrected chi connectivity index (χ0v) is 15.6. The van der Waals surface area contributed by atoms with Gasteiger partial charge in [-0.25, -0.2) is 9.78 Å². The van der Waals surface area contributed by atoms with E-state index in [9.17, 15) is 18.0 Å². The van der Waals surface area contributed by atoms with Gasteiger partial charge < -0.3 is 15.6 Å². The number of H-pyrrole nitrogens is 1. The van der Waals surface area contributed by atoms with Crippen LogP contribution in [0.1, 0.15) is 24.0 Å². The summed E-state index contributed by atoms with van der Waals surface area (Å²) >= 11 is 0. The van der Waals surface area contributed by atoms with Crippen molar-refractivity contribution >= 4 is 17.1 Å². The summed E-state index contributed by atoms with van der Waals surface area (Å²) in [4.78, 5) is 23.5. The molecule has 2 aromatic heterocycles. The standard InChI is InChI=1S/C19H21F3N6O/c20-19(21,22)14-4-2-1-3-13(14)11-28-16-15(26-18(28)29)10-25-17(27-16)24-9-12-5-7-23-8-6-12/h1-4,10,12,23H,5-9,11H2,(H,26,29)(H,24,25,27). The molecule has 4 rings (SSSR count). The van der Waals surface area contributed by atoms with Crippen molar-refractivity contribution in [1.82, 2.24) is 24.8 Å². The van der Waals surface area contributed by atoms with Crippen molar-refractivity contribution in [2.75, 3.05) is 25.0 Å². The fraction of sp³-hybridized carbons (Fsp3) is 0.421. The summed E-state index contributed by atoms with van der Waals surface area (Å²) in [5.74, 6) is 0.857. The molecular formula is C19H21F3N6O. The minimum atomic E-state index is -4.50. The molecule has 154 valence electrons. The number of aromatic amines is 1. The van der Waals surface area contributed by atoms with Crippen LogP contribution in [0, 0.1) is 5.92 Å². The molecule has 3 N–H and O–H groups in total. The molecule has 0 spiro atoms. The van der Waals surface area contributed by atoms with Gasteiger partial charge in [0.05, 0.1) is 18.3 Å². The van der Waals surface area contributed by atoms with Gasteiger partial charge >= 0.3 is 11.9 Å². The molecule has 1 aromatic carbocycles. The molecule has 0 bridgehead atoms. The summed E-state index contributed by atoms with van der Waals surface area (Å²) < 4.78 is 41.1. The monoisotopic (exact) mass is 406 g/mol. The number of nitrogens with zero attached hydrogens (tertiary/aromatic N) is 3. The molecule has 0 saturated carbocycles. The lowest BCUT2D eigenvalue weighted by atomic mass is 9.98. The van der Waals surface area contributed by atoms with Crippen LogP contribution in [0.5, 0.6) is 0 Å².